The lowest BCUT2D eigenvalue weighted by molar-refractivity contribution is 0.199. The lowest BCUT2D eigenvalue weighted by Crippen LogP contribution is -2.23. The van der Waals surface area contributed by atoms with Gasteiger partial charge in [-0.15, -0.1) is 0 Å². The fourth-order valence-corrected chi connectivity index (χ4v) is 2.52. The molecule has 1 saturated carbocycles. The SMILES string of the molecule is CC(O)c1ccc2c(c1)N(CC1CC1)CC2. The van der Waals surface area contributed by atoms with Crippen LogP contribution in [0.25, 0.3) is 0 Å². The number of aliphatic hydroxyl groups is 1. The Bertz CT molecular complexity index is 396. The van der Waals surface area contributed by atoms with Crippen LogP contribution < -0.4 is 4.90 Å². The predicted molar refractivity (Wildman–Crippen MR) is 65.7 cm³/mol. The first-order valence-corrected chi connectivity index (χ1v) is 6.30. The second-order valence-corrected chi connectivity index (χ2v) is 5.20. The zero-order chi connectivity index (χ0) is 11.1. The standard InChI is InChI=1S/C14H19NO/c1-10(16)13-5-4-12-6-7-15(14(12)8-13)9-11-2-3-11/h4-5,8,10-11,16H,2-3,6-7,9H2,1H3. The fraction of sp³-hybridized carbons (Fsp3) is 0.571. The van der Waals surface area contributed by atoms with Crippen molar-refractivity contribution >= 4 is 5.69 Å². The number of hydrogen-bond acceptors (Lipinski definition) is 2. The summed E-state index contributed by atoms with van der Waals surface area (Å²) in [6.45, 7) is 4.22. The molecule has 0 radical (unpaired) electrons. The molecular formula is C14H19NO. The summed E-state index contributed by atoms with van der Waals surface area (Å²) in [5.41, 5.74) is 3.86. The van der Waals surface area contributed by atoms with Gasteiger partial charge in [-0.05, 0) is 49.3 Å². The number of aliphatic hydroxyl groups excluding tert-OH is 1. The summed E-state index contributed by atoms with van der Waals surface area (Å²) >= 11 is 0. The monoisotopic (exact) mass is 217 g/mol. The highest BCUT2D eigenvalue weighted by Gasteiger charge is 2.28. The van der Waals surface area contributed by atoms with Crippen LogP contribution in [0.5, 0.6) is 0 Å². The van der Waals surface area contributed by atoms with Crippen molar-refractivity contribution in [3.05, 3.63) is 29.3 Å². The third-order valence-corrected chi connectivity index (χ3v) is 3.76. The Labute approximate surface area is 96.9 Å². The molecular weight excluding hydrogens is 198 g/mol. The van der Waals surface area contributed by atoms with Crippen LogP contribution >= 0.6 is 0 Å². The van der Waals surface area contributed by atoms with Crippen LogP contribution in [-0.4, -0.2) is 18.2 Å². The van der Waals surface area contributed by atoms with Gasteiger partial charge in [0.2, 0.25) is 0 Å². The minimum Gasteiger partial charge on any atom is -0.389 e. The molecule has 0 spiro atoms. The van der Waals surface area contributed by atoms with E-state index in [1.54, 1.807) is 0 Å². The molecule has 1 N–H and O–H groups in total. The Morgan fingerprint density at radius 1 is 1.44 bits per heavy atom. The number of anilines is 1. The van der Waals surface area contributed by atoms with E-state index >= 15 is 0 Å². The molecule has 1 unspecified atom stereocenters. The first kappa shape index (κ1) is 10.2. The molecule has 2 heteroatoms. The third-order valence-electron chi connectivity index (χ3n) is 3.76. The quantitative estimate of drug-likeness (QED) is 0.841. The lowest BCUT2D eigenvalue weighted by atomic mass is 10.1. The maximum Gasteiger partial charge on any atom is 0.0762 e. The molecule has 0 amide bonds. The molecule has 1 heterocycles. The van der Waals surface area contributed by atoms with Gasteiger partial charge in [-0.1, -0.05) is 12.1 Å². The number of benzene rings is 1. The molecule has 2 aliphatic rings. The number of fused-ring (bicyclic) bond motifs is 1. The largest absolute Gasteiger partial charge is 0.389 e. The Kier molecular flexibility index (Phi) is 2.40. The van der Waals surface area contributed by atoms with Crippen LogP contribution in [0.3, 0.4) is 0 Å². The summed E-state index contributed by atoms with van der Waals surface area (Å²) in [5.74, 6) is 0.932. The Morgan fingerprint density at radius 3 is 2.94 bits per heavy atom. The van der Waals surface area contributed by atoms with Gasteiger partial charge in [-0.25, -0.2) is 0 Å². The van der Waals surface area contributed by atoms with Gasteiger partial charge in [-0.3, -0.25) is 0 Å². The van der Waals surface area contributed by atoms with Crippen molar-refractivity contribution in [3.8, 4) is 0 Å². The van der Waals surface area contributed by atoms with Gasteiger partial charge in [0.15, 0.2) is 0 Å². The average molecular weight is 217 g/mol. The lowest BCUT2D eigenvalue weighted by Gasteiger charge is -2.20. The van der Waals surface area contributed by atoms with E-state index in [4.69, 9.17) is 0 Å². The second kappa shape index (κ2) is 3.77. The second-order valence-electron chi connectivity index (χ2n) is 5.20. The van der Waals surface area contributed by atoms with E-state index in [2.05, 4.69) is 23.1 Å². The molecule has 0 aromatic heterocycles. The van der Waals surface area contributed by atoms with Crippen LogP contribution in [0.15, 0.2) is 18.2 Å². The summed E-state index contributed by atoms with van der Waals surface area (Å²) < 4.78 is 0. The molecule has 1 fully saturated rings. The van der Waals surface area contributed by atoms with Gasteiger partial charge in [-0.2, -0.15) is 0 Å². The van der Waals surface area contributed by atoms with Gasteiger partial charge in [0, 0.05) is 18.8 Å². The van der Waals surface area contributed by atoms with Gasteiger partial charge >= 0.3 is 0 Å². The van der Waals surface area contributed by atoms with Crippen molar-refractivity contribution in [1.82, 2.24) is 0 Å². The van der Waals surface area contributed by atoms with Crippen LogP contribution in [-0.2, 0) is 6.42 Å². The fourth-order valence-electron chi connectivity index (χ4n) is 2.52. The van der Waals surface area contributed by atoms with Crippen LogP contribution in [0.2, 0.25) is 0 Å². The van der Waals surface area contributed by atoms with E-state index in [0.29, 0.717) is 0 Å². The topological polar surface area (TPSA) is 23.5 Å². The highest BCUT2D eigenvalue weighted by atomic mass is 16.3. The first-order valence-electron chi connectivity index (χ1n) is 6.30. The summed E-state index contributed by atoms with van der Waals surface area (Å²) in [4.78, 5) is 2.50. The highest BCUT2D eigenvalue weighted by molar-refractivity contribution is 5.59. The molecule has 0 bridgehead atoms. The van der Waals surface area contributed by atoms with Crippen LogP contribution in [0.1, 0.15) is 37.0 Å². The third kappa shape index (κ3) is 1.82. The van der Waals surface area contributed by atoms with Gasteiger partial charge in [0.25, 0.3) is 0 Å². The van der Waals surface area contributed by atoms with Crippen molar-refractivity contribution in [3.63, 3.8) is 0 Å². The van der Waals surface area contributed by atoms with E-state index in [-0.39, 0.29) is 6.10 Å². The molecule has 1 aromatic carbocycles. The zero-order valence-corrected chi connectivity index (χ0v) is 9.82. The first-order chi connectivity index (χ1) is 7.74. The Morgan fingerprint density at radius 2 is 2.25 bits per heavy atom. The summed E-state index contributed by atoms with van der Waals surface area (Å²) in [6.07, 6.45) is 3.63. The molecule has 0 saturated heterocycles. The van der Waals surface area contributed by atoms with Crippen molar-refractivity contribution in [1.29, 1.82) is 0 Å². The number of rotatable bonds is 3. The Balaban J connectivity index is 1.86. The molecule has 1 aromatic rings. The molecule has 1 aliphatic heterocycles. The maximum atomic E-state index is 9.62. The van der Waals surface area contributed by atoms with E-state index < -0.39 is 0 Å². The molecule has 2 nitrogen and oxygen atoms in total. The van der Waals surface area contributed by atoms with Crippen LogP contribution in [0.4, 0.5) is 5.69 Å². The zero-order valence-electron chi connectivity index (χ0n) is 9.82. The summed E-state index contributed by atoms with van der Waals surface area (Å²) in [7, 11) is 0. The predicted octanol–water partition coefficient (Wildman–Crippen LogP) is 2.51. The van der Waals surface area contributed by atoms with E-state index in [0.717, 1.165) is 18.0 Å². The van der Waals surface area contributed by atoms with Crippen LogP contribution in [0, 0.1) is 5.92 Å². The average Bonchev–Trinajstić information content (AvgIpc) is 2.99. The van der Waals surface area contributed by atoms with E-state index in [1.807, 2.05) is 6.92 Å². The van der Waals surface area contributed by atoms with Crippen molar-refractivity contribution in [2.24, 2.45) is 5.92 Å². The summed E-state index contributed by atoms with van der Waals surface area (Å²) in [6, 6.07) is 6.42. The Hall–Kier alpha value is -1.02. The minimum absolute atomic E-state index is 0.353. The molecule has 86 valence electrons. The summed E-state index contributed by atoms with van der Waals surface area (Å²) in [5, 5.41) is 9.62. The minimum atomic E-state index is -0.353. The number of hydrogen-bond donors (Lipinski definition) is 1. The van der Waals surface area contributed by atoms with E-state index in [9.17, 15) is 5.11 Å². The smallest absolute Gasteiger partial charge is 0.0762 e. The normalized spacial score (nSPS) is 21.0. The molecule has 1 atom stereocenters. The van der Waals surface area contributed by atoms with Crippen molar-refractivity contribution in [2.75, 3.05) is 18.0 Å². The molecule has 3 rings (SSSR count). The van der Waals surface area contributed by atoms with Crippen molar-refractivity contribution < 1.29 is 5.11 Å². The highest BCUT2D eigenvalue weighted by Crippen LogP contribution is 2.36. The van der Waals surface area contributed by atoms with Gasteiger partial charge in [0.05, 0.1) is 6.10 Å². The number of nitrogens with zero attached hydrogens (tertiary/aromatic N) is 1. The van der Waals surface area contributed by atoms with E-state index in [1.165, 1.54) is 37.1 Å². The van der Waals surface area contributed by atoms with Crippen molar-refractivity contribution in [2.45, 2.75) is 32.3 Å². The van der Waals surface area contributed by atoms with Gasteiger partial charge < -0.3 is 10.0 Å². The van der Waals surface area contributed by atoms with Gasteiger partial charge in [0.1, 0.15) is 0 Å². The maximum absolute atomic E-state index is 9.62. The molecule has 16 heavy (non-hydrogen) atoms. The molecule has 1 aliphatic carbocycles.